The molecular formula is C14H24N2O2S. The van der Waals surface area contributed by atoms with Crippen LogP contribution in [0.4, 0.5) is 5.69 Å². The molecule has 0 saturated heterocycles. The number of benzene rings is 1. The molecule has 2 N–H and O–H groups in total. The van der Waals surface area contributed by atoms with Crippen LogP contribution in [0.25, 0.3) is 0 Å². The number of aryl methyl sites for hydroxylation is 1. The van der Waals surface area contributed by atoms with Crippen molar-refractivity contribution in [1.29, 1.82) is 0 Å². The molecular weight excluding hydrogens is 260 g/mol. The van der Waals surface area contributed by atoms with Crippen molar-refractivity contribution in [3.63, 3.8) is 0 Å². The average Bonchev–Trinajstić information content (AvgIpc) is 2.29. The van der Waals surface area contributed by atoms with Gasteiger partial charge in [-0.3, -0.25) is 0 Å². The minimum Gasteiger partial charge on any atom is -0.385 e. The van der Waals surface area contributed by atoms with Crippen LogP contribution in [-0.4, -0.2) is 22.0 Å². The number of rotatable bonds is 5. The minimum absolute atomic E-state index is 0.261. The maximum Gasteiger partial charge on any atom is 0.240 e. The average molecular weight is 284 g/mol. The fourth-order valence-electron chi connectivity index (χ4n) is 1.69. The van der Waals surface area contributed by atoms with E-state index in [1.807, 2.05) is 12.1 Å². The Morgan fingerprint density at radius 1 is 1.21 bits per heavy atom. The molecule has 0 bridgehead atoms. The van der Waals surface area contributed by atoms with E-state index in [4.69, 9.17) is 0 Å². The van der Waals surface area contributed by atoms with Gasteiger partial charge in [-0.1, -0.05) is 26.8 Å². The van der Waals surface area contributed by atoms with Crippen LogP contribution in [0.5, 0.6) is 0 Å². The Kier molecular flexibility index (Phi) is 4.98. The van der Waals surface area contributed by atoms with E-state index in [0.29, 0.717) is 4.90 Å². The Balaban J connectivity index is 2.86. The fraction of sp³-hybridized carbons (Fsp3) is 0.571. The molecule has 1 aromatic carbocycles. The van der Waals surface area contributed by atoms with Crippen LogP contribution in [0.15, 0.2) is 23.1 Å². The van der Waals surface area contributed by atoms with Crippen LogP contribution in [-0.2, 0) is 10.0 Å². The number of nitrogens with one attached hydrogen (secondary N) is 2. The van der Waals surface area contributed by atoms with Gasteiger partial charge in [-0.15, -0.1) is 0 Å². The van der Waals surface area contributed by atoms with Crippen molar-refractivity contribution in [1.82, 2.24) is 4.72 Å². The Morgan fingerprint density at radius 2 is 1.84 bits per heavy atom. The van der Waals surface area contributed by atoms with E-state index < -0.39 is 10.0 Å². The first-order valence-corrected chi connectivity index (χ1v) is 7.92. The SMILES string of the molecule is CNS(=O)(=O)c1cc(NCCC(C)(C)C)ccc1C. The molecule has 1 aromatic rings. The smallest absolute Gasteiger partial charge is 0.240 e. The van der Waals surface area contributed by atoms with E-state index in [1.54, 1.807) is 13.0 Å². The largest absolute Gasteiger partial charge is 0.385 e. The van der Waals surface area contributed by atoms with Crippen molar-refractivity contribution < 1.29 is 8.42 Å². The van der Waals surface area contributed by atoms with Crippen LogP contribution in [0, 0.1) is 12.3 Å². The first-order chi connectivity index (χ1) is 8.65. The molecule has 0 aliphatic carbocycles. The second-order valence-corrected chi connectivity index (χ2v) is 7.78. The molecule has 0 heterocycles. The van der Waals surface area contributed by atoms with Gasteiger partial charge in [0.2, 0.25) is 10.0 Å². The van der Waals surface area contributed by atoms with E-state index in [0.717, 1.165) is 24.2 Å². The van der Waals surface area contributed by atoms with Gasteiger partial charge in [0, 0.05) is 12.2 Å². The standard InChI is InChI=1S/C14H24N2O2S/c1-11-6-7-12(16-9-8-14(2,3)4)10-13(11)19(17,18)15-5/h6-7,10,15-16H,8-9H2,1-5H3. The molecule has 0 amide bonds. The molecule has 0 spiro atoms. The van der Waals surface area contributed by atoms with E-state index in [9.17, 15) is 8.42 Å². The number of sulfonamides is 1. The summed E-state index contributed by atoms with van der Waals surface area (Å²) < 4.78 is 26.1. The molecule has 0 aliphatic heterocycles. The lowest BCUT2D eigenvalue weighted by molar-refractivity contribution is 0.390. The summed E-state index contributed by atoms with van der Waals surface area (Å²) in [6, 6.07) is 5.42. The van der Waals surface area contributed by atoms with Crippen molar-refractivity contribution in [3.8, 4) is 0 Å². The number of hydrogen-bond acceptors (Lipinski definition) is 3. The molecule has 0 atom stereocenters. The predicted octanol–water partition coefficient (Wildman–Crippen LogP) is 2.75. The first-order valence-electron chi connectivity index (χ1n) is 6.44. The Bertz CT molecular complexity index is 531. The Hall–Kier alpha value is -1.07. The lowest BCUT2D eigenvalue weighted by atomic mass is 9.92. The predicted molar refractivity (Wildman–Crippen MR) is 80.0 cm³/mol. The normalized spacial score (nSPS) is 12.5. The molecule has 0 aliphatic rings. The van der Waals surface area contributed by atoms with Crippen LogP contribution in [0.2, 0.25) is 0 Å². The third kappa shape index (κ3) is 4.84. The molecule has 0 radical (unpaired) electrons. The summed E-state index contributed by atoms with van der Waals surface area (Å²) in [6.07, 6.45) is 1.02. The molecule has 19 heavy (non-hydrogen) atoms. The van der Waals surface area contributed by atoms with Gasteiger partial charge in [-0.25, -0.2) is 13.1 Å². The minimum atomic E-state index is -3.39. The zero-order chi connectivity index (χ0) is 14.7. The van der Waals surface area contributed by atoms with E-state index in [2.05, 4.69) is 30.8 Å². The van der Waals surface area contributed by atoms with Crippen LogP contribution < -0.4 is 10.0 Å². The van der Waals surface area contributed by atoms with Crippen LogP contribution in [0.1, 0.15) is 32.8 Å². The summed E-state index contributed by atoms with van der Waals surface area (Å²) in [7, 11) is -1.97. The lowest BCUT2D eigenvalue weighted by Crippen LogP contribution is -2.20. The van der Waals surface area contributed by atoms with Gasteiger partial charge < -0.3 is 5.32 Å². The van der Waals surface area contributed by atoms with Gasteiger partial charge >= 0.3 is 0 Å². The van der Waals surface area contributed by atoms with Gasteiger partial charge in [0.1, 0.15) is 0 Å². The van der Waals surface area contributed by atoms with Crippen LogP contribution >= 0.6 is 0 Å². The molecule has 1 rings (SSSR count). The highest BCUT2D eigenvalue weighted by Crippen LogP contribution is 2.22. The quantitative estimate of drug-likeness (QED) is 0.874. The van der Waals surface area contributed by atoms with Gasteiger partial charge in [-0.2, -0.15) is 0 Å². The van der Waals surface area contributed by atoms with Gasteiger partial charge in [0.05, 0.1) is 4.90 Å². The molecule has 0 unspecified atom stereocenters. The summed E-state index contributed by atoms with van der Waals surface area (Å²) in [6.45, 7) is 9.16. The second-order valence-electron chi connectivity index (χ2n) is 5.93. The summed E-state index contributed by atoms with van der Waals surface area (Å²) in [5, 5.41) is 3.27. The fourth-order valence-corrected chi connectivity index (χ4v) is 2.69. The van der Waals surface area contributed by atoms with Crippen molar-refractivity contribution in [3.05, 3.63) is 23.8 Å². The van der Waals surface area contributed by atoms with Gasteiger partial charge in [0.25, 0.3) is 0 Å². The van der Waals surface area contributed by atoms with Crippen molar-refractivity contribution in [2.75, 3.05) is 18.9 Å². The Labute approximate surface area is 116 Å². The molecule has 5 heteroatoms. The zero-order valence-corrected chi connectivity index (χ0v) is 13.2. The molecule has 0 aromatic heterocycles. The molecule has 0 fully saturated rings. The lowest BCUT2D eigenvalue weighted by Gasteiger charge is -2.19. The Morgan fingerprint density at radius 3 is 2.37 bits per heavy atom. The van der Waals surface area contributed by atoms with Crippen molar-refractivity contribution in [2.45, 2.75) is 39.0 Å². The van der Waals surface area contributed by atoms with Crippen molar-refractivity contribution >= 4 is 15.7 Å². The van der Waals surface area contributed by atoms with E-state index in [-0.39, 0.29) is 5.41 Å². The third-order valence-electron chi connectivity index (χ3n) is 2.95. The topological polar surface area (TPSA) is 58.2 Å². The highest BCUT2D eigenvalue weighted by molar-refractivity contribution is 7.89. The van der Waals surface area contributed by atoms with Crippen LogP contribution in [0.3, 0.4) is 0 Å². The third-order valence-corrected chi connectivity index (χ3v) is 4.51. The maximum atomic E-state index is 11.9. The number of hydrogen-bond donors (Lipinski definition) is 2. The molecule has 108 valence electrons. The summed E-state index contributed by atoms with van der Waals surface area (Å²) in [5.74, 6) is 0. The number of anilines is 1. The van der Waals surface area contributed by atoms with Crippen molar-refractivity contribution in [2.24, 2.45) is 5.41 Å². The van der Waals surface area contributed by atoms with Gasteiger partial charge in [-0.05, 0) is 43.5 Å². The second kappa shape index (κ2) is 5.92. The highest BCUT2D eigenvalue weighted by Gasteiger charge is 2.15. The summed E-state index contributed by atoms with van der Waals surface area (Å²) in [4.78, 5) is 0.329. The maximum absolute atomic E-state index is 11.9. The first kappa shape index (κ1) is 16.0. The monoisotopic (exact) mass is 284 g/mol. The van der Waals surface area contributed by atoms with Gasteiger partial charge in [0.15, 0.2) is 0 Å². The molecule has 0 saturated carbocycles. The van der Waals surface area contributed by atoms with E-state index >= 15 is 0 Å². The highest BCUT2D eigenvalue weighted by atomic mass is 32.2. The summed E-state index contributed by atoms with van der Waals surface area (Å²) in [5.41, 5.74) is 1.84. The van der Waals surface area contributed by atoms with E-state index in [1.165, 1.54) is 7.05 Å². The zero-order valence-electron chi connectivity index (χ0n) is 12.4. The summed E-state index contributed by atoms with van der Waals surface area (Å²) >= 11 is 0. The molecule has 4 nitrogen and oxygen atoms in total.